The number of hydrogen-bond donors (Lipinski definition) is 35. The van der Waals surface area contributed by atoms with Crippen molar-refractivity contribution in [3.05, 3.63) is 0 Å². The number of carbonyl (C=O) groups is 5. The molecule has 4 amide bonds. The first-order chi connectivity index (χ1) is 65.0. The Bertz CT molecular complexity index is 3850. The number of carboxylic acids is 1. The molecule has 0 saturated carbocycles. The molecule has 0 aromatic rings. The van der Waals surface area contributed by atoms with Crippen molar-refractivity contribution in [2.75, 3.05) is 59.5 Å². The predicted octanol–water partition coefficient (Wildman–Crippen LogP) is -23.1. The Labute approximate surface area is 780 Å². The van der Waals surface area contributed by atoms with Crippen LogP contribution in [0.3, 0.4) is 0 Å². The number of hydrogen-bond acceptors (Lipinski definition) is 56. The largest absolute Gasteiger partial charge is 0.477 e. The molecule has 798 valence electrons. The molecule has 11 rings (SSSR count). The van der Waals surface area contributed by atoms with Gasteiger partial charge >= 0.3 is 5.97 Å². The summed E-state index contributed by atoms with van der Waals surface area (Å²) in [7, 11) is 0. The standard InChI is InChI=1S/C77H128N4O57/c1-17-37(95)45(103)51(109)70(120-17)134-62-35(80-21(5)91)67(118-15-31-43(101)65(56(114)75(128-31)131-58-27(11-85)122-66(115)50(108)49(58)107)137-69-36(81-22(6)92)63(135-71-52(110)46(104)38(96)18(2)121-71)60(30(14-88)127-69)132-72-53(111)47(105)40(98)25(9-83)123-72)125-29(13-87)59(62)133-74-55(113)64(42(100)26(10-84)124-74)136-68-34(79-20(4)90)44(102)57(28(12-86)126-68)130-73-54(112)48(106)41(99)32(129-73)16-119-77(76(116)117)7-23(93)33(78-19(3)89)61(138-77)39(97)24(94)8-82/h17-18,23-75,82-88,93-115H,7-16H2,1-6H3,(H,78,89)(H,79,90)(H,80,91)(H,81,92)(H,116,117)/t17-,18-,23-,24+,25+,26+,27+,28+,29+,30+,31+,32+,33+,34+,35+,36+,37+,38+,39+,40-,41-,42-,43-,44+,45+,46+,47-,48-,49+,50+,51-,52-,53+,54+,55+,56+,57+,58+,59+,60+,61+,62+,63+,64-,65-,66?,67+,68-,69-,70-,71-,72-,73-,74-,75-,77+/m0/s1. The van der Waals surface area contributed by atoms with E-state index in [0.717, 1.165) is 27.7 Å². The maximum absolute atomic E-state index is 13.8. The molecule has 0 aliphatic carbocycles. The SMILES string of the molecule is CC(=O)N[C@H]1[C@H](O[C@H]2[C@@H](O)[C@@H](CO)O[C@@H](O[C@H]3[C@H](O[C@@H]4O[C@@H](C)[C@@H](O)[C@@H](O)[C@@H]4O)[C@@H](NC(C)=O)[C@H](OC[C@H]4O[C@@H](O[C@H]5[C@H](O)[C@@H](O)C(O)O[C@@H]5CO)[C@H](O)[C@@H](O[C@@H]5O[C@H](CO)[C@@H](O[C@@H]6O[C@H](CO)[C@H](O)[C@H](O)[C@H]6O)[C@H](O[C@@H]6O[C@@H](C)[C@@H](O)[C@@H](O)[C@@H]6O)[C@H]5NC(C)=O)[C@H]4O)O[C@@H]3CO)[C@@H]2O)O[C@H](CO)[C@@H](O[C@@H]2O[C@H](CO[C@]3(C(=O)O)C[C@H](O)[C@@H](NC(C)=O)[C@H]([C@H](O)[C@H](O)CO)O3)[C@H](O)[C@H](O)[C@H]2O)[C@@H]1O. The second kappa shape index (κ2) is 48.8. The monoisotopic (exact) mass is 2020 g/mol. The van der Waals surface area contributed by atoms with Gasteiger partial charge in [-0.05, 0) is 13.8 Å². The summed E-state index contributed by atoms with van der Waals surface area (Å²) in [5.41, 5.74) is 0. The Morgan fingerprint density at radius 3 is 1.07 bits per heavy atom. The number of nitrogens with one attached hydrogen (secondary N) is 4. The second-order valence-electron chi connectivity index (χ2n) is 35.2. The topological polar surface area (TPSA) is 954 Å². The third-order valence-electron chi connectivity index (χ3n) is 25.5. The molecule has 0 spiro atoms. The van der Waals surface area contributed by atoms with Gasteiger partial charge in [0.05, 0.1) is 83.8 Å². The van der Waals surface area contributed by atoms with Crippen molar-refractivity contribution in [1.82, 2.24) is 21.3 Å². The van der Waals surface area contributed by atoms with Gasteiger partial charge < -0.3 is 279 Å². The summed E-state index contributed by atoms with van der Waals surface area (Å²) in [4.78, 5) is 65.7. The molecular formula is C77H128N4O57. The van der Waals surface area contributed by atoms with Crippen molar-refractivity contribution < 1.29 is 282 Å². The van der Waals surface area contributed by atoms with Gasteiger partial charge in [-0.1, -0.05) is 0 Å². The molecule has 61 heteroatoms. The Kier molecular flexibility index (Phi) is 40.1. The van der Waals surface area contributed by atoms with Crippen LogP contribution >= 0.6 is 0 Å². The van der Waals surface area contributed by atoms with E-state index in [4.69, 9.17) is 99.5 Å². The average Bonchev–Trinajstić information content (AvgIpc) is 0.566. The molecule has 1 unspecified atom stereocenters. The van der Waals surface area contributed by atoms with Gasteiger partial charge in [0.2, 0.25) is 23.6 Å². The van der Waals surface area contributed by atoms with Crippen LogP contribution in [0.5, 0.6) is 0 Å². The number of aliphatic hydroxyl groups excluding tert-OH is 30. The first-order valence-electron chi connectivity index (χ1n) is 44.0. The van der Waals surface area contributed by atoms with Crippen LogP contribution in [0.4, 0.5) is 0 Å². The zero-order valence-corrected chi connectivity index (χ0v) is 74.3. The minimum absolute atomic E-state index is 0.846. The van der Waals surface area contributed by atoms with Crippen LogP contribution in [0.25, 0.3) is 0 Å². The van der Waals surface area contributed by atoms with Gasteiger partial charge in [-0.25, -0.2) is 4.79 Å². The molecule has 0 aromatic carbocycles. The van der Waals surface area contributed by atoms with E-state index in [1.165, 1.54) is 13.8 Å². The number of ether oxygens (including phenoxy) is 21. The smallest absolute Gasteiger partial charge is 0.364 e. The van der Waals surface area contributed by atoms with Gasteiger partial charge in [0, 0.05) is 34.1 Å². The Morgan fingerprint density at radius 2 is 0.630 bits per heavy atom. The Morgan fingerprint density at radius 1 is 0.312 bits per heavy atom. The van der Waals surface area contributed by atoms with E-state index in [1.54, 1.807) is 0 Å². The summed E-state index contributed by atoms with van der Waals surface area (Å²) in [6.07, 6.45) is -111. The fourth-order valence-electron chi connectivity index (χ4n) is 17.9. The van der Waals surface area contributed by atoms with E-state index in [1.807, 2.05) is 0 Å². The Balaban J connectivity index is 0.884. The molecule has 56 atom stereocenters. The van der Waals surface area contributed by atoms with Crippen molar-refractivity contribution in [3.63, 3.8) is 0 Å². The molecular weight excluding hydrogens is 1890 g/mol. The third-order valence-corrected chi connectivity index (χ3v) is 25.5. The number of rotatable bonds is 36. The predicted molar refractivity (Wildman–Crippen MR) is 423 cm³/mol. The maximum atomic E-state index is 13.8. The minimum Gasteiger partial charge on any atom is -0.477 e. The van der Waals surface area contributed by atoms with Gasteiger partial charge in [0.25, 0.3) is 5.79 Å². The summed E-state index contributed by atoms with van der Waals surface area (Å²) >= 11 is 0. The maximum Gasteiger partial charge on any atom is 0.364 e. The second-order valence-corrected chi connectivity index (χ2v) is 35.2. The number of carboxylic acid groups (broad SMARTS) is 1. The molecule has 0 bridgehead atoms. The molecule has 0 radical (unpaired) electrons. The summed E-state index contributed by atoms with van der Waals surface area (Å²) in [5.74, 6) is -9.11. The number of amides is 4. The van der Waals surface area contributed by atoms with Gasteiger partial charge in [-0.2, -0.15) is 0 Å². The van der Waals surface area contributed by atoms with Gasteiger partial charge in [-0.3, -0.25) is 19.2 Å². The van der Waals surface area contributed by atoms with E-state index in [-0.39, 0.29) is 0 Å². The first kappa shape index (κ1) is 114. The lowest BCUT2D eigenvalue weighted by molar-refractivity contribution is -0.396. The minimum atomic E-state index is -3.09. The van der Waals surface area contributed by atoms with E-state index < -0.39 is 439 Å². The van der Waals surface area contributed by atoms with Crippen LogP contribution in [-0.4, -0.2) is 590 Å². The molecule has 11 aliphatic rings. The highest BCUT2D eigenvalue weighted by Gasteiger charge is 2.64. The number of aliphatic hydroxyl groups is 30. The van der Waals surface area contributed by atoms with E-state index in [0.29, 0.717) is 0 Å². The van der Waals surface area contributed by atoms with Crippen molar-refractivity contribution in [1.29, 1.82) is 0 Å². The summed E-state index contributed by atoms with van der Waals surface area (Å²) < 4.78 is 126. The lowest BCUT2D eigenvalue weighted by Crippen LogP contribution is -2.71. The van der Waals surface area contributed by atoms with Crippen LogP contribution in [0.2, 0.25) is 0 Å². The molecule has 11 heterocycles. The van der Waals surface area contributed by atoms with Gasteiger partial charge in [0.15, 0.2) is 62.9 Å². The lowest BCUT2D eigenvalue weighted by atomic mass is 9.88. The molecule has 11 saturated heterocycles. The van der Waals surface area contributed by atoms with E-state index >= 15 is 0 Å². The van der Waals surface area contributed by atoms with Crippen molar-refractivity contribution in [2.24, 2.45) is 0 Å². The van der Waals surface area contributed by atoms with Crippen molar-refractivity contribution in [3.8, 4) is 0 Å². The quantitative estimate of drug-likeness (QED) is 0.0277. The summed E-state index contributed by atoms with van der Waals surface area (Å²) in [6, 6.07) is -7.90. The highest BCUT2D eigenvalue weighted by atomic mass is 16.8. The normalized spacial score (nSPS) is 49.1. The van der Waals surface area contributed by atoms with Crippen molar-refractivity contribution >= 4 is 29.6 Å². The molecule has 11 aliphatic heterocycles. The first-order valence-corrected chi connectivity index (χ1v) is 44.0. The molecule has 35 N–H and O–H groups in total. The van der Waals surface area contributed by atoms with E-state index in [9.17, 15) is 182 Å². The van der Waals surface area contributed by atoms with Gasteiger partial charge in [-0.15, -0.1) is 0 Å². The van der Waals surface area contributed by atoms with Gasteiger partial charge in [0.1, 0.15) is 250 Å². The fraction of sp³-hybridized carbons (Fsp3) is 0.935. The Hall–Kier alpha value is -4.69. The van der Waals surface area contributed by atoms with Crippen molar-refractivity contribution in [2.45, 2.75) is 391 Å². The zero-order valence-electron chi connectivity index (χ0n) is 74.3. The average molecular weight is 2020 g/mol. The van der Waals surface area contributed by atoms with Crippen LogP contribution in [0.15, 0.2) is 0 Å². The highest BCUT2D eigenvalue weighted by Crippen LogP contribution is 2.43. The lowest BCUT2D eigenvalue weighted by Gasteiger charge is -2.52. The number of aliphatic carboxylic acids is 1. The molecule has 11 fully saturated rings. The zero-order chi connectivity index (χ0) is 102. The van der Waals surface area contributed by atoms with Crippen LogP contribution in [-0.2, 0) is 123 Å². The molecule has 138 heavy (non-hydrogen) atoms. The van der Waals surface area contributed by atoms with Crippen LogP contribution in [0, 0.1) is 0 Å². The molecule has 0 aromatic heterocycles. The summed E-state index contributed by atoms with van der Waals surface area (Å²) in [6.45, 7) is -4.83. The van der Waals surface area contributed by atoms with Crippen LogP contribution < -0.4 is 21.3 Å². The molecule has 61 nitrogen and oxygen atoms in total. The van der Waals surface area contributed by atoms with Crippen LogP contribution in [0.1, 0.15) is 48.0 Å². The summed E-state index contributed by atoms with van der Waals surface area (Å²) in [5, 5.41) is 356. The van der Waals surface area contributed by atoms with E-state index in [2.05, 4.69) is 21.3 Å². The highest BCUT2D eigenvalue weighted by molar-refractivity contribution is 5.77. The third kappa shape index (κ3) is 24.7. The fourth-order valence-corrected chi connectivity index (χ4v) is 17.9. The number of carbonyl (C=O) groups excluding carboxylic acids is 4.